The minimum atomic E-state index is 0.517. The first-order valence-corrected chi connectivity index (χ1v) is 7.39. The van der Waals surface area contributed by atoms with Gasteiger partial charge in [0.05, 0.1) is 7.11 Å². The van der Waals surface area contributed by atoms with E-state index in [0.717, 1.165) is 34.7 Å². The van der Waals surface area contributed by atoms with Gasteiger partial charge in [0.1, 0.15) is 18.1 Å². The molecule has 0 aromatic heterocycles. The lowest BCUT2D eigenvalue weighted by Crippen LogP contribution is -2.19. The molecule has 4 nitrogen and oxygen atoms in total. The highest BCUT2D eigenvalue weighted by atomic mass is 16.5. The van der Waals surface area contributed by atoms with Crippen LogP contribution < -0.4 is 15.2 Å². The summed E-state index contributed by atoms with van der Waals surface area (Å²) in [6.45, 7) is 2.09. The molecule has 0 spiro atoms. The second kappa shape index (κ2) is 7.82. The van der Waals surface area contributed by atoms with Crippen molar-refractivity contribution in [2.45, 2.75) is 6.54 Å². The first kappa shape index (κ1) is 16.3. The van der Waals surface area contributed by atoms with E-state index in [4.69, 9.17) is 15.2 Å². The SMILES string of the molecule is COc1ccc(CN)cc1-c1ccc(OCCN(C)C)cc1. The van der Waals surface area contributed by atoms with Gasteiger partial charge in [-0.1, -0.05) is 18.2 Å². The van der Waals surface area contributed by atoms with E-state index in [1.165, 1.54) is 0 Å². The fraction of sp³-hybridized carbons (Fsp3) is 0.333. The maximum atomic E-state index is 5.73. The molecule has 0 bridgehead atoms. The smallest absolute Gasteiger partial charge is 0.126 e. The third-order valence-electron chi connectivity index (χ3n) is 3.47. The number of likely N-dealkylation sites (N-methyl/N-ethyl adjacent to an activating group) is 1. The van der Waals surface area contributed by atoms with Crippen molar-refractivity contribution < 1.29 is 9.47 Å². The van der Waals surface area contributed by atoms with Gasteiger partial charge in [-0.25, -0.2) is 0 Å². The van der Waals surface area contributed by atoms with Gasteiger partial charge in [-0.15, -0.1) is 0 Å². The Bertz CT molecular complexity index is 595. The Labute approximate surface area is 132 Å². The van der Waals surface area contributed by atoms with Crippen LogP contribution >= 0.6 is 0 Å². The predicted octanol–water partition coefficient (Wildman–Crippen LogP) is 2.76. The number of methoxy groups -OCH3 is 1. The fourth-order valence-corrected chi connectivity index (χ4v) is 2.18. The Morgan fingerprint density at radius 1 is 1.05 bits per heavy atom. The molecule has 0 unspecified atom stereocenters. The van der Waals surface area contributed by atoms with Crippen LogP contribution in [0.15, 0.2) is 42.5 Å². The zero-order chi connectivity index (χ0) is 15.9. The molecular formula is C18H24N2O2. The van der Waals surface area contributed by atoms with E-state index in [9.17, 15) is 0 Å². The predicted molar refractivity (Wildman–Crippen MR) is 90.4 cm³/mol. The molecule has 0 amide bonds. The Hall–Kier alpha value is -2.04. The maximum absolute atomic E-state index is 5.73. The van der Waals surface area contributed by atoms with Gasteiger partial charge in [0.25, 0.3) is 0 Å². The highest BCUT2D eigenvalue weighted by Crippen LogP contribution is 2.31. The number of hydrogen-bond acceptors (Lipinski definition) is 4. The van der Waals surface area contributed by atoms with Gasteiger partial charge in [0, 0.05) is 18.7 Å². The minimum absolute atomic E-state index is 0.517. The molecule has 0 aliphatic heterocycles. The van der Waals surface area contributed by atoms with Crippen LogP contribution in [0, 0.1) is 0 Å². The Morgan fingerprint density at radius 2 is 1.77 bits per heavy atom. The summed E-state index contributed by atoms with van der Waals surface area (Å²) in [6.07, 6.45) is 0. The second-order valence-electron chi connectivity index (χ2n) is 5.41. The average Bonchev–Trinajstić information content (AvgIpc) is 2.54. The second-order valence-corrected chi connectivity index (χ2v) is 5.41. The Morgan fingerprint density at radius 3 is 2.36 bits per heavy atom. The standard InChI is InChI=1S/C18H24N2O2/c1-20(2)10-11-22-16-7-5-15(6-8-16)17-12-14(13-19)4-9-18(17)21-3/h4-9,12H,10-11,13,19H2,1-3H3. The number of rotatable bonds is 7. The van der Waals surface area contributed by atoms with Crippen molar-refractivity contribution in [2.75, 3.05) is 34.4 Å². The molecule has 0 heterocycles. The quantitative estimate of drug-likeness (QED) is 0.854. The monoisotopic (exact) mass is 300 g/mol. The third kappa shape index (κ3) is 4.23. The lowest BCUT2D eigenvalue weighted by Gasteiger charge is -2.13. The van der Waals surface area contributed by atoms with Crippen LogP contribution in [0.3, 0.4) is 0 Å². The summed E-state index contributed by atoms with van der Waals surface area (Å²) in [6, 6.07) is 14.1. The highest BCUT2D eigenvalue weighted by molar-refractivity contribution is 5.71. The fourth-order valence-electron chi connectivity index (χ4n) is 2.18. The lowest BCUT2D eigenvalue weighted by atomic mass is 10.0. The van der Waals surface area contributed by atoms with E-state index < -0.39 is 0 Å². The molecule has 0 aliphatic carbocycles. The molecule has 0 atom stereocenters. The van der Waals surface area contributed by atoms with E-state index in [-0.39, 0.29) is 0 Å². The van der Waals surface area contributed by atoms with E-state index in [1.54, 1.807) is 7.11 Å². The first-order valence-electron chi connectivity index (χ1n) is 7.39. The van der Waals surface area contributed by atoms with E-state index in [2.05, 4.69) is 11.0 Å². The molecule has 4 heteroatoms. The van der Waals surface area contributed by atoms with Crippen molar-refractivity contribution in [1.29, 1.82) is 0 Å². The van der Waals surface area contributed by atoms with E-state index in [0.29, 0.717) is 13.2 Å². The molecule has 2 aromatic rings. The van der Waals surface area contributed by atoms with Gasteiger partial charge in [-0.05, 0) is 49.5 Å². The van der Waals surface area contributed by atoms with Gasteiger partial charge in [-0.2, -0.15) is 0 Å². The van der Waals surface area contributed by atoms with E-state index >= 15 is 0 Å². The zero-order valence-corrected chi connectivity index (χ0v) is 13.5. The van der Waals surface area contributed by atoms with Crippen LogP contribution in [-0.2, 0) is 6.54 Å². The minimum Gasteiger partial charge on any atom is -0.496 e. The molecule has 2 aromatic carbocycles. The first-order chi connectivity index (χ1) is 10.6. The Balaban J connectivity index is 2.16. The molecule has 0 fully saturated rings. The van der Waals surface area contributed by atoms with Crippen LogP contribution in [0.5, 0.6) is 11.5 Å². The summed E-state index contributed by atoms with van der Waals surface area (Å²) in [5.74, 6) is 1.72. The molecule has 2 N–H and O–H groups in total. The third-order valence-corrected chi connectivity index (χ3v) is 3.47. The number of hydrogen-bond donors (Lipinski definition) is 1. The largest absolute Gasteiger partial charge is 0.496 e. The van der Waals surface area contributed by atoms with Crippen molar-refractivity contribution >= 4 is 0 Å². The summed E-state index contributed by atoms with van der Waals surface area (Å²) in [5.41, 5.74) is 8.95. The van der Waals surface area contributed by atoms with Crippen LogP contribution in [-0.4, -0.2) is 39.3 Å². The van der Waals surface area contributed by atoms with Crippen LogP contribution in [0.1, 0.15) is 5.56 Å². The van der Waals surface area contributed by atoms with Crippen molar-refractivity contribution in [3.8, 4) is 22.6 Å². The molecule has 0 radical (unpaired) electrons. The summed E-state index contributed by atoms with van der Waals surface area (Å²) < 4.78 is 11.2. The van der Waals surface area contributed by atoms with Crippen molar-refractivity contribution in [3.05, 3.63) is 48.0 Å². The average molecular weight is 300 g/mol. The molecule has 0 saturated carbocycles. The number of benzene rings is 2. The van der Waals surface area contributed by atoms with Gasteiger partial charge in [-0.3, -0.25) is 0 Å². The topological polar surface area (TPSA) is 47.7 Å². The molecule has 0 aliphatic rings. The summed E-state index contributed by atoms with van der Waals surface area (Å²) >= 11 is 0. The molecular weight excluding hydrogens is 276 g/mol. The van der Waals surface area contributed by atoms with Gasteiger partial charge in [0.15, 0.2) is 0 Å². The van der Waals surface area contributed by atoms with E-state index in [1.807, 2.05) is 50.5 Å². The summed E-state index contributed by atoms with van der Waals surface area (Å²) in [4.78, 5) is 2.09. The summed E-state index contributed by atoms with van der Waals surface area (Å²) in [7, 11) is 5.74. The molecule has 22 heavy (non-hydrogen) atoms. The normalized spacial score (nSPS) is 10.8. The van der Waals surface area contributed by atoms with Gasteiger partial charge in [0.2, 0.25) is 0 Å². The number of ether oxygens (including phenoxy) is 2. The number of nitrogens with two attached hydrogens (primary N) is 1. The molecule has 2 rings (SSSR count). The zero-order valence-electron chi connectivity index (χ0n) is 13.5. The molecule has 118 valence electrons. The van der Waals surface area contributed by atoms with Crippen LogP contribution in [0.25, 0.3) is 11.1 Å². The highest BCUT2D eigenvalue weighted by Gasteiger charge is 2.07. The van der Waals surface area contributed by atoms with Crippen molar-refractivity contribution in [1.82, 2.24) is 4.90 Å². The molecule has 0 saturated heterocycles. The summed E-state index contributed by atoms with van der Waals surface area (Å²) in [5, 5.41) is 0. The van der Waals surface area contributed by atoms with Gasteiger partial charge < -0.3 is 20.1 Å². The lowest BCUT2D eigenvalue weighted by molar-refractivity contribution is 0.261. The Kier molecular flexibility index (Phi) is 5.81. The number of nitrogens with zero attached hydrogens (tertiary/aromatic N) is 1. The van der Waals surface area contributed by atoms with Crippen LogP contribution in [0.2, 0.25) is 0 Å². The van der Waals surface area contributed by atoms with Crippen LogP contribution in [0.4, 0.5) is 0 Å². The van der Waals surface area contributed by atoms with Crippen molar-refractivity contribution in [3.63, 3.8) is 0 Å². The van der Waals surface area contributed by atoms with Gasteiger partial charge >= 0.3 is 0 Å². The maximum Gasteiger partial charge on any atom is 0.126 e. The van der Waals surface area contributed by atoms with Crippen molar-refractivity contribution in [2.24, 2.45) is 5.73 Å².